The van der Waals surface area contributed by atoms with Crippen molar-refractivity contribution >= 4 is 17.8 Å². The number of morpholine rings is 1. The van der Waals surface area contributed by atoms with E-state index < -0.39 is 11.7 Å². The van der Waals surface area contributed by atoms with Gasteiger partial charge in [-0.15, -0.1) is 0 Å². The Morgan fingerprint density at radius 3 is 2.62 bits per heavy atom. The molecular weight excluding hydrogens is 455 g/mol. The molecular formula is C21H26F3N7O3. The number of hydrogen-bond donors (Lipinski definition) is 2. The fraction of sp³-hybridized carbons (Fsp3) is 0.524. The standard InChI is InChI=1S/C21H26F3N7O3/c1-26-20(32)30(2)12-7-13(8-12)34-18-10-16(28-19(29-18)31-3-5-33-6-4-31)14-11-27-17(25)9-15(14)21(22,23)24/h9-13H,3-8H2,1-2H3,(H2,25,27)(H,26,32)/t12-,13-. The Balaban J connectivity index is 1.63. The van der Waals surface area contributed by atoms with Crippen molar-refractivity contribution < 1.29 is 27.4 Å². The summed E-state index contributed by atoms with van der Waals surface area (Å²) in [5.74, 6) is 0.164. The summed E-state index contributed by atoms with van der Waals surface area (Å²) >= 11 is 0. The molecule has 0 atom stereocenters. The van der Waals surface area contributed by atoms with Crippen LogP contribution in [0.3, 0.4) is 0 Å². The quantitative estimate of drug-likeness (QED) is 0.667. The highest BCUT2D eigenvalue weighted by Crippen LogP contribution is 2.38. The number of carbonyl (C=O) groups excluding carboxylic acids is 1. The van der Waals surface area contributed by atoms with E-state index in [1.807, 2.05) is 4.90 Å². The van der Waals surface area contributed by atoms with E-state index in [9.17, 15) is 18.0 Å². The Hall–Kier alpha value is -3.35. The molecule has 2 aromatic rings. The molecule has 3 N–H and O–H groups in total. The Morgan fingerprint density at radius 2 is 1.97 bits per heavy atom. The zero-order chi connectivity index (χ0) is 24.5. The number of nitrogen functional groups attached to an aromatic ring is 1. The van der Waals surface area contributed by atoms with Crippen molar-refractivity contribution in [3.8, 4) is 17.1 Å². The summed E-state index contributed by atoms with van der Waals surface area (Å²) in [6.45, 7) is 1.91. The molecule has 0 spiro atoms. The predicted molar refractivity (Wildman–Crippen MR) is 117 cm³/mol. The number of anilines is 2. The smallest absolute Gasteiger partial charge is 0.417 e. The van der Waals surface area contributed by atoms with Gasteiger partial charge in [0.1, 0.15) is 11.9 Å². The van der Waals surface area contributed by atoms with Gasteiger partial charge in [-0.05, 0) is 6.07 Å². The maximum atomic E-state index is 13.7. The molecule has 4 rings (SSSR count). The summed E-state index contributed by atoms with van der Waals surface area (Å²) in [6.07, 6.45) is -2.67. The SMILES string of the molecule is CNC(=O)N(C)[C@H]1C[C@H](Oc2cc(-c3cnc(N)cc3C(F)(F)F)nc(N3CCOCC3)n2)C1. The summed E-state index contributed by atoms with van der Waals surface area (Å²) in [7, 11) is 3.26. The summed E-state index contributed by atoms with van der Waals surface area (Å²) in [4.78, 5) is 27.9. The molecule has 0 radical (unpaired) electrons. The lowest BCUT2D eigenvalue weighted by molar-refractivity contribution is -0.137. The number of halogens is 3. The second kappa shape index (κ2) is 9.49. The van der Waals surface area contributed by atoms with Gasteiger partial charge in [-0.3, -0.25) is 0 Å². The van der Waals surface area contributed by atoms with Crippen LogP contribution in [0, 0.1) is 0 Å². The van der Waals surface area contributed by atoms with Crippen LogP contribution in [0.15, 0.2) is 18.3 Å². The molecule has 3 heterocycles. The van der Waals surface area contributed by atoms with Crippen LogP contribution in [0.25, 0.3) is 11.3 Å². The average Bonchev–Trinajstić information content (AvgIpc) is 2.80. The molecule has 2 aliphatic rings. The monoisotopic (exact) mass is 481 g/mol. The van der Waals surface area contributed by atoms with E-state index in [1.54, 1.807) is 19.0 Å². The van der Waals surface area contributed by atoms with E-state index in [0.717, 1.165) is 12.3 Å². The number of nitrogens with zero attached hydrogens (tertiary/aromatic N) is 5. The van der Waals surface area contributed by atoms with Crippen LogP contribution >= 0.6 is 0 Å². The summed E-state index contributed by atoms with van der Waals surface area (Å²) in [5, 5.41) is 2.57. The van der Waals surface area contributed by atoms with Gasteiger partial charge in [0.2, 0.25) is 11.8 Å². The number of nitrogens with two attached hydrogens (primary N) is 1. The van der Waals surface area contributed by atoms with E-state index in [2.05, 4.69) is 20.3 Å². The van der Waals surface area contributed by atoms with Gasteiger partial charge in [0, 0.05) is 63.9 Å². The van der Waals surface area contributed by atoms with Crippen LogP contribution in [-0.4, -0.2) is 78.4 Å². The first kappa shape index (κ1) is 23.8. The van der Waals surface area contributed by atoms with Gasteiger partial charge in [0.05, 0.1) is 24.5 Å². The number of carbonyl (C=O) groups is 1. The lowest BCUT2D eigenvalue weighted by Crippen LogP contribution is -2.52. The minimum absolute atomic E-state index is 0.00287. The van der Waals surface area contributed by atoms with Crippen LogP contribution < -0.4 is 20.7 Å². The third kappa shape index (κ3) is 5.08. The highest BCUT2D eigenvalue weighted by atomic mass is 19.4. The van der Waals surface area contributed by atoms with Crippen LogP contribution in [-0.2, 0) is 10.9 Å². The number of urea groups is 1. The van der Waals surface area contributed by atoms with E-state index in [1.165, 1.54) is 6.07 Å². The van der Waals surface area contributed by atoms with E-state index in [-0.39, 0.29) is 47.1 Å². The Labute approximate surface area is 194 Å². The van der Waals surface area contributed by atoms with Crippen molar-refractivity contribution in [2.75, 3.05) is 51.0 Å². The second-order valence-corrected chi connectivity index (χ2v) is 8.17. The number of ether oxygens (including phenoxy) is 2. The zero-order valence-corrected chi connectivity index (χ0v) is 18.8. The van der Waals surface area contributed by atoms with Gasteiger partial charge in [-0.25, -0.2) is 14.8 Å². The Kier molecular flexibility index (Phi) is 6.64. The molecule has 1 aliphatic heterocycles. The number of rotatable bonds is 5. The molecule has 34 heavy (non-hydrogen) atoms. The zero-order valence-electron chi connectivity index (χ0n) is 18.8. The molecule has 2 aromatic heterocycles. The third-order valence-electron chi connectivity index (χ3n) is 5.93. The summed E-state index contributed by atoms with van der Waals surface area (Å²) in [6, 6.07) is 1.97. The van der Waals surface area contributed by atoms with Gasteiger partial charge in [0.15, 0.2) is 0 Å². The fourth-order valence-corrected chi connectivity index (χ4v) is 3.89. The molecule has 184 valence electrons. The molecule has 1 saturated heterocycles. The predicted octanol–water partition coefficient (Wildman–Crippen LogP) is 2.16. The number of amides is 2. The highest BCUT2D eigenvalue weighted by Gasteiger charge is 2.37. The fourth-order valence-electron chi connectivity index (χ4n) is 3.89. The third-order valence-corrected chi connectivity index (χ3v) is 5.93. The number of aromatic nitrogens is 3. The molecule has 2 amide bonds. The van der Waals surface area contributed by atoms with Crippen molar-refractivity contribution in [2.45, 2.75) is 31.2 Å². The molecule has 2 fully saturated rings. The van der Waals surface area contributed by atoms with Crippen molar-refractivity contribution in [2.24, 2.45) is 0 Å². The highest BCUT2D eigenvalue weighted by molar-refractivity contribution is 5.74. The first-order valence-corrected chi connectivity index (χ1v) is 10.8. The average molecular weight is 481 g/mol. The molecule has 0 bridgehead atoms. The molecule has 0 unspecified atom stereocenters. The minimum atomic E-state index is -4.65. The van der Waals surface area contributed by atoms with Crippen LogP contribution in [0.1, 0.15) is 18.4 Å². The number of pyridine rings is 1. The minimum Gasteiger partial charge on any atom is -0.474 e. The van der Waals surface area contributed by atoms with Crippen molar-refractivity contribution in [1.29, 1.82) is 0 Å². The van der Waals surface area contributed by atoms with Crippen molar-refractivity contribution in [1.82, 2.24) is 25.2 Å². The van der Waals surface area contributed by atoms with Crippen LogP contribution in [0.5, 0.6) is 5.88 Å². The first-order valence-electron chi connectivity index (χ1n) is 10.8. The Morgan fingerprint density at radius 1 is 1.26 bits per heavy atom. The van der Waals surface area contributed by atoms with E-state index >= 15 is 0 Å². The van der Waals surface area contributed by atoms with Gasteiger partial charge < -0.3 is 30.3 Å². The first-order chi connectivity index (χ1) is 16.2. The molecule has 0 aromatic carbocycles. The van der Waals surface area contributed by atoms with Crippen molar-refractivity contribution in [3.63, 3.8) is 0 Å². The maximum Gasteiger partial charge on any atom is 0.417 e. The molecule has 1 aliphatic carbocycles. The van der Waals surface area contributed by atoms with Crippen LogP contribution in [0.4, 0.5) is 29.7 Å². The Bertz CT molecular complexity index is 1040. The molecule has 1 saturated carbocycles. The lowest BCUT2D eigenvalue weighted by Gasteiger charge is -2.40. The van der Waals surface area contributed by atoms with Gasteiger partial charge in [-0.2, -0.15) is 18.2 Å². The maximum absolute atomic E-state index is 13.7. The van der Waals surface area contributed by atoms with E-state index in [4.69, 9.17) is 15.2 Å². The topological polar surface area (TPSA) is 119 Å². The second-order valence-electron chi connectivity index (χ2n) is 8.17. The summed E-state index contributed by atoms with van der Waals surface area (Å²) < 4.78 is 52.6. The van der Waals surface area contributed by atoms with Crippen LogP contribution in [0.2, 0.25) is 0 Å². The number of nitrogens with one attached hydrogen (secondary N) is 1. The van der Waals surface area contributed by atoms with Gasteiger partial charge in [0.25, 0.3) is 0 Å². The van der Waals surface area contributed by atoms with Crippen molar-refractivity contribution in [3.05, 3.63) is 23.9 Å². The number of hydrogen-bond acceptors (Lipinski definition) is 8. The summed E-state index contributed by atoms with van der Waals surface area (Å²) in [5.41, 5.74) is 4.40. The van der Waals surface area contributed by atoms with Gasteiger partial charge >= 0.3 is 12.2 Å². The van der Waals surface area contributed by atoms with Gasteiger partial charge in [-0.1, -0.05) is 0 Å². The normalized spacial score (nSPS) is 20.4. The largest absolute Gasteiger partial charge is 0.474 e. The molecule has 10 nitrogen and oxygen atoms in total. The van der Waals surface area contributed by atoms with E-state index in [0.29, 0.717) is 39.1 Å². The number of alkyl halides is 3. The molecule has 13 heteroatoms. The lowest BCUT2D eigenvalue weighted by atomic mass is 9.88.